The van der Waals surface area contributed by atoms with Crippen LogP contribution in [0, 0.1) is 0 Å². The van der Waals surface area contributed by atoms with Crippen LogP contribution in [0.5, 0.6) is 0 Å². The molecule has 0 spiro atoms. The molecule has 0 bridgehead atoms. The molecule has 0 rings (SSSR count). The Kier molecular flexibility index (Phi) is 12.1. The number of carbonyl (C=O) groups is 5. The van der Waals surface area contributed by atoms with Crippen molar-refractivity contribution in [3.8, 4) is 0 Å². The van der Waals surface area contributed by atoms with Crippen LogP contribution in [0.1, 0.15) is 25.7 Å². The zero-order chi connectivity index (χ0) is 22.4. The number of carboxylic acids is 1. The van der Waals surface area contributed by atoms with E-state index in [-0.39, 0.29) is 38.3 Å². The number of rotatable bonds is 14. The molecule has 29 heavy (non-hydrogen) atoms. The molecule has 2 atom stereocenters. The number of hydrogen-bond donors (Lipinski definition) is 8. The van der Waals surface area contributed by atoms with Crippen molar-refractivity contribution in [1.82, 2.24) is 16.0 Å². The Morgan fingerprint density at radius 1 is 0.931 bits per heavy atom. The van der Waals surface area contributed by atoms with Gasteiger partial charge in [0.15, 0.2) is 5.96 Å². The van der Waals surface area contributed by atoms with Crippen LogP contribution >= 0.6 is 0 Å². The number of carbonyl (C=O) groups excluding carboxylic acids is 4. The average molecular weight is 416 g/mol. The van der Waals surface area contributed by atoms with Gasteiger partial charge in [0.25, 0.3) is 0 Å². The van der Waals surface area contributed by atoms with E-state index in [4.69, 9.17) is 28.0 Å². The van der Waals surface area contributed by atoms with Crippen molar-refractivity contribution >= 4 is 35.6 Å². The van der Waals surface area contributed by atoms with Crippen molar-refractivity contribution in [3.63, 3.8) is 0 Å². The molecule has 0 aliphatic rings. The summed E-state index contributed by atoms with van der Waals surface area (Å²) in [5.41, 5.74) is 20.6. The molecule has 0 saturated heterocycles. The van der Waals surface area contributed by atoms with E-state index in [9.17, 15) is 24.0 Å². The van der Waals surface area contributed by atoms with Gasteiger partial charge in [-0.1, -0.05) is 0 Å². The van der Waals surface area contributed by atoms with Crippen molar-refractivity contribution in [1.29, 1.82) is 0 Å². The summed E-state index contributed by atoms with van der Waals surface area (Å²) < 4.78 is 0. The van der Waals surface area contributed by atoms with Crippen LogP contribution in [0.15, 0.2) is 4.99 Å². The standard InChI is InChI=1S/C15H28N8O6/c16-6-11(25)22-8(2-1-5-20-15(18)19)13(27)21-7-12(26)23-9(14(28)29)3-4-10(17)24/h8-9H,1-7,16H2,(H2,17,24)(H,21,27)(H,22,25)(H,23,26)(H,28,29)(H4,18,19,20). The summed E-state index contributed by atoms with van der Waals surface area (Å²) in [7, 11) is 0. The van der Waals surface area contributed by atoms with Crippen LogP contribution in [0.3, 0.4) is 0 Å². The van der Waals surface area contributed by atoms with Gasteiger partial charge < -0.3 is 44.0 Å². The SMILES string of the molecule is NCC(=O)NC(CCCN=C(N)N)C(=O)NCC(=O)NC(CCC(N)=O)C(=O)O. The molecule has 0 aromatic heterocycles. The minimum Gasteiger partial charge on any atom is -0.480 e. The van der Waals surface area contributed by atoms with E-state index in [0.717, 1.165) is 0 Å². The highest BCUT2D eigenvalue weighted by Gasteiger charge is 2.23. The molecule has 0 aromatic carbocycles. The molecular formula is C15H28N8O6. The number of nitrogens with one attached hydrogen (secondary N) is 3. The molecule has 0 radical (unpaired) electrons. The second-order valence-corrected chi connectivity index (χ2v) is 5.95. The Labute approximate surface area is 166 Å². The van der Waals surface area contributed by atoms with Gasteiger partial charge in [0.2, 0.25) is 23.6 Å². The van der Waals surface area contributed by atoms with E-state index in [1.807, 2.05) is 0 Å². The summed E-state index contributed by atoms with van der Waals surface area (Å²) >= 11 is 0. The number of hydrogen-bond acceptors (Lipinski definition) is 7. The smallest absolute Gasteiger partial charge is 0.326 e. The highest BCUT2D eigenvalue weighted by molar-refractivity contribution is 5.92. The molecule has 14 heteroatoms. The predicted octanol–water partition coefficient (Wildman–Crippen LogP) is -4.57. The van der Waals surface area contributed by atoms with Gasteiger partial charge in [0.1, 0.15) is 12.1 Å². The molecule has 164 valence electrons. The maximum Gasteiger partial charge on any atom is 0.326 e. The summed E-state index contributed by atoms with van der Waals surface area (Å²) in [5, 5.41) is 15.9. The van der Waals surface area contributed by atoms with Gasteiger partial charge in [-0.3, -0.25) is 24.2 Å². The fourth-order valence-electron chi connectivity index (χ4n) is 2.11. The molecule has 0 aromatic rings. The number of aliphatic imine (C=N–C) groups is 1. The molecule has 14 nitrogen and oxygen atoms in total. The van der Waals surface area contributed by atoms with Gasteiger partial charge in [-0.05, 0) is 19.3 Å². The third-order valence-electron chi connectivity index (χ3n) is 3.52. The van der Waals surface area contributed by atoms with Crippen molar-refractivity contribution in [2.45, 2.75) is 37.8 Å². The van der Waals surface area contributed by atoms with Crippen LogP contribution in [0.2, 0.25) is 0 Å². The Morgan fingerprint density at radius 2 is 1.55 bits per heavy atom. The Bertz CT molecular complexity index is 634. The molecule has 2 unspecified atom stereocenters. The first-order valence-electron chi connectivity index (χ1n) is 8.69. The number of aliphatic carboxylic acids is 1. The number of nitrogens with zero attached hydrogens (tertiary/aromatic N) is 1. The quantitative estimate of drug-likeness (QED) is 0.0768. The van der Waals surface area contributed by atoms with E-state index < -0.39 is 48.2 Å². The number of carboxylic acid groups (broad SMARTS) is 1. The van der Waals surface area contributed by atoms with Crippen molar-refractivity contribution in [3.05, 3.63) is 0 Å². The summed E-state index contributed by atoms with van der Waals surface area (Å²) in [6.07, 6.45) is 0.116. The van der Waals surface area contributed by atoms with Crippen molar-refractivity contribution < 1.29 is 29.1 Å². The summed E-state index contributed by atoms with van der Waals surface area (Å²) in [6.45, 7) is -0.647. The first-order chi connectivity index (χ1) is 13.6. The second-order valence-electron chi connectivity index (χ2n) is 5.95. The lowest BCUT2D eigenvalue weighted by atomic mass is 10.1. The fourth-order valence-corrected chi connectivity index (χ4v) is 2.11. The largest absolute Gasteiger partial charge is 0.480 e. The van der Waals surface area contributed by atoms with Gasteiger partial charge in [-0.2, -0.15) is 0 Å². The topological polar surface area (TPSA) is 258 Å². The molecule has 0 saturated carbocycles. The van der Waals surface area contributed by atoms with Crippen LogP contribution in [0.4, 0.5) is 0 Å². The maximum atomic E-state index is 12.3. The first kappa shape index (κ1) is 25.6. The second kappa shape index (κ2) is 13.7. The highest BCUT2D eigenvalue weighted by atomic mass is 16.4. The zero-order valence-electron chi connectivity index (χ0n) is 15.8. The van der Waals surface area contributed by atoms with E-state index >= 15 is 0 Å². The van der Waals surface area contributed by atoms with E-state index in [1.54, 1.807) is 0 Å². The molecule has 0 heterocycles. The normalized spacial score (nSPS) is 12.2. The minimum atomic E-state index is -1.35. The molecule has 4 amide bonds. The van der Waals surface area contributed by atoms with Crippen LogP contribution in [-0.4, -0.2) is 72.4 Å². The predicted molar refractivity (Wildman–Crippen MR) is 102 cm³/mol. The maximum absolute atomic E-state index is 12.3. The van der Waals surface area contributed by atoms with Crippen LogP contribution < -0.4 is 38.9 Å². The average Bonchev–Trinajstić information content (AvgIpc) is 2.64. The van der Waals surface area contributed by atoms with Gasteiger partial charge in [-0.15, -0.1) is 0 Å². The molecular weight excluding hydrogens is 388 g/mol. The first-order valence-corrected chi connectivity index (χ1v) is 8.69. The molecule has 0 aliphatic heterocycles. The number of guanidine groups is 1. The van der Waals surface area contributed by atoms with Crippen molar-refractivity contribution in [2.75, 3.05) is 19.6 Å². The summed E-state index contributed by atoms with van der Waals surface area (Å²) in [6, 6.07) is -2.32. The number of nitrogens with two attached hydrogens (primary N) is 4. The number of primary amides is 1. The van der Waals surface area contributed by atoms with Gasteiger partial charge in [0.05, 0.1) is 13.1 Å². The van der Waals surface area contributed by atoms with Gasteiger partial charge >= 0.3 is 5.97 Å². The molecule has 0 fully saturated rings. The third-order valence-corrected chi connectivity index (χ3v) is 3.52. The van der Waals surface area contributed by atoms with Gasteiger partial charge in [-0.25, -0.2) is 4.79 Å². The lowest BCUT2D eigenvalue weighted by Crippen LogP contribution is -2.51. The van der Waals surface area contributed by atoms with Crippen LogP contribution in [0.25, 0.3) is 0 Å². The van der Waals surface area contributed by atoms with E-state index in [2.05, 4.69) is 20.9 Å². The Hall–Kier alpha value is -3.42. The fraction of sp³-hybridized carbons (Fsp3) is 0.600. The Balaban J connectivity index is 4.69. The van der Waals surface area contributed by atoms with Crippen molar-refractivity contribution in [2.24, 2.45) is 27.9 Å². The zero-order valence-corrected chi connectivity index (χ0v) is 15.8. The summed E-state index contributed by atoms with van der Waals surface area (Å²) in [4.78, 5) is 61.2. The lowest BCUT2D eigenvalue weighted by Gasteiger charge is -2.18. The monoisotopic (exact) mass is 416 g/mol. The minimum absolute atomic E-state index is 0.113. The highest BCUT2D eigenvalue weighted by Crippen LogP contribution is 2.00. The Morgan fingerprint density at radius 3 is 2.07 bits per heavy atom. The van der Waals surface area contributed by atoms with E-state index in [1.165, 1.54) is 0 Å². The number of amides is 4. The molecule has 0 aliphatic carbocycles. The van der Waals surface area contributed by atoms with E-state index in [0.29, 0.717) is 6.42 Å². The van der Waals surface area contributed by atoms with Crippen LogP contribution in [-0.2, 0) is 24.0 Å². The third kappa shape index (κ3) is 12.6. The van der Waals surface area contributed by atoms with Gasteiger partial charge in [0, 0.05) is 13.0 Å². The summed E-state index contributed by atoms with van der Waals surface area (Å²) in [5.74, 6) is -4.21. The molecule has 12 N–H and O–H groups in total. The lowest BCUT2D eigenvalue weighted by molar-refractivity contribution is -0.142.